The number of Topliss-reactive ketones (excluding diaryl/α,β-unsaturated/α-hetero) is 2. The predicted molar refractivity (Wildman–Crippen MR) is 107 cm³/mol. The standard InChI is InChI=1S/C22H25NO2S/c1-16(24)19-6-3-5-17(13-19)14-23-12-4-7-20(15-23)22(25)18-8-10-21(26-2)11-9-18/h3,5-6,8-11,13,20H,4,7,12,14-15H2,1-2H3/t20-/m1/s1. The van der Waals surface area contributed by atoms with Gasteiger partial charge in [0.2, 0.25) is 0 Å². The van der Waals surface area contributed by atoms with Gasteiger partial charge in [0.1, 0.15) is 0 Å². The van der Waals surface area contributed by atoms with E-state index in [2.05, 4.69) is 11.0 Å². The fourth-order valence-electron chi connectivity index (χ4n) is 3.55. The van der Waals surface area contributed by atoms with E-state index in [0.717, 1.165) is 49.2 Å². The highest BCUT2D eigenvalue weighted by Crippen LogP contribution is 2.24. The van der Waals surface area contributed by atoms with Gasteiger partial charge in [0.25, 0.3) is 0 Å². The van der Waals surface area contributed by atoms with Crippen LogP contribution in [0.15, 0.2) is 53.4 Å². The molecule has 136 valence electrons. The van der Waals surface area contributed by atoms with Gasteiger partial charge in [-0.05, 0) is 56.3 Å². The smallest absolute Gasteiger partial charge is 0.167 e. The molecular formula is C22H25NO2S. The first-order valence-corrected chi connectivity index (χ1v) is 10.3. The summed E-state index contributed by atoms with van der Waals surface area (Å²) in [7, 11) is 0. The first kappa shape index (κ1) is 18.9. The van der Waals surface area contributed by atoms with Crippen LogP contribution in [0, 0.1) is 5.92 Å². The molecule has 0 amide bonds. The van der Waals surface area contributed by atoms with Crippen LogP contribution in [0.1, 0.15) is 46.0 Å². The minimum atomic E-state index is 0.0554. The highest BCUT2D eigenvalue weighted by molar-refractivity contribution is 7.98. The Labute approximate surface area is 159 Å². The van der Waals surface area contributed by atoms with Crippen molar-refractivity contribution in [1.82, 2.24) is 4.90 Å². The molecule has 1 heterocycles. The third kappa shape index (κ3) is 4.63. The molecule has 1 aliphatic rings. The van der Waals surface area contributed by atoms with Gasteiger partial charge in [-0.25, -0.2) is 0 Å². The molecule has 0 unspecified atom stereocenters. The summed E-state index contributed by atoms with van der Waals surface area (Å²) in [6.07, 6.45) is 4.02. The summed E-state index contributed by atoms with van der Waals surface area (Å²) in [5.41, 5.74) is 2.70. The molecule has 1 aliphatic heterocycles. The first-order chi connectivity index (χ1) is 12.6. The SMILES string of the molecule is CSc1ccc(C(=O)[C@@H]2CCCN(Cc3cccc(C(C)=O)c3)C2)cc1. The third-order valence-corrected chi connectivity index (χ3v) is 5.73. The van der Waals surface area contributed by atoms with E-state index in [0.29, 0.717) is 0 Å². The number of ketones is 2. The van der Waals surface area contributed by atoms with Crippen molar-refractivity contribution in [3.63, 3.8) is 0 Å². The number of carbonyl (C=O) groups excluding carboxylic acids is 2. The van der Waals surface area contributed by atoms with E-state index < -0.39 is 0 Å². The van der Waals surface area contributed by atoms with E-state index >= 15 is 0 Å². The predicted octanol–water partition coefficient (Wildman–Crippen LogP) is 4.71. The van der Waals surface area contributed by atoms with Crippen molar-refractivity contribution in [2.45, 2.75) is 31.2 Å². The van der Waals surface area contributed by atoms with Gasteiger partial charge in [0, 0.05) is 35.0 Å². The number of rotatable bonds is 6. The van der Waals surface area contributed by atoms with Gasteiger partial charge in [0.15, 0.2) is 11.6 Å². The molecule has 0 bridgehead atoms. The van der Waals surface area contributed by atoms with Crippen LogP contribution < -0.4 is 0 Å². The zero-order chi connectivity index (χ0) is 18.5. The van der Waals surface area contributed by atoms with Crippen molar-refractivity contribution >= 4 is 23.3 Å². The number of carbonyl (C=O) groups is 2. The highest BCUT2D eigenvalue weighted by Gasteiger charge is 2.26. The quantitative estimate of drug-likeness (QED) is 0.547. The lowest BCUT2D eigenvalue weighted by atomic mass is 9.90. The molecule has 2 aromatic rings. The van der Waals surface area contributed by atoms with Gasteiger partial charge < -0.3 is 0 Å². The van der Waals surface area contributed by atoms with Crippen LogP contribution in [0.4, 0.5) is 0 Å². The van der Waals surface area contributed by atoms with Crippen molar-refractivity contribution in [2.24, 2.45) is 5.92 Å². The van der Waals surface area contributed by atoms with E-state index in [1.807, 2.05) is 48.7 Å². The maximum Gasteiger partial charge on any atom is 0.167 e. The number of piperidine rings is 1. The van der Waals surface area contributed by atoms with Gasteiger partial charge in [-0.1, -0.05) is 30.3 Å². The Morgan fingerprint density at radius 2 is 1.88 bits per heavy atom. The number of hydrogen-bond acceptors (Lipinski definition) is 4. The van der Waals surface area contributed by atoms with E-state index in [9.17, 15) is 9.59 Å². The molecule has 0 saturated carbocycles. The summed E-state index contributed by atoms with van der Waals surface area (Å²) >= 11 is 1.69. The Kier molecular flexibility index (Phi) is 6.28. The van der Waals surface area contributed by atoms with Crippen LogP contribution in [-0.2, 0) is 6.54 Å². The normalized spacial score (nSPS) is 17.8. The number of benzene rings is 2. The first-order valence-electron chi connectivity index (χ1n) is 9.07. The van der Waals surface area contributed by atoms with Gasteiger partial charge >= 0.3 is 0 Å². The van der Waals surface area contributed by atoms with Crippen molar-refractivity contribution in [2.75, 3.05) is 19.3 Å². The third-order valence-electron chi connectivity index (χ3n) is 4.99. The lowest BCUT2D eigenvalue weighted by Gasteiger charge is -2.32. The lowest BCUT2D eigenvalue weighted by Crippen LogP contribution is -2.38. The molecule has 0 aliphatic carbocycles. The fraction of sp³-hybridized carbons (Fsp3) is 0.364. The average Bonchev–Trinajstić information content (AvgIpc) is 2.68. The topological polar surface area (TPSA) is 37.4 Å². The van der Waals surface area contributed by atoms with Crippen LogP contribution >= 0.6 is 11.8 Å². The van der Waals surface area contributed by atoms with Gasteiger partial charge in [-0.15, -0.1) is 11.8 Å². The van der Waals surface area contributed by atoms with Gasteiger partial charge in [-0.2, -0.15) is 0 Å². The Morgan fingerprint density at radius 3 is 2.58 bits per heavy atom. The van der Waals surface area contributed by atoms with Crippen LogP contribution in [0.2, 0.25) is 0 Å². The second-order valence-electron chi connectivity index (χ2n) is 6.92. The Bertz CT molecular complexity index is 785. The summed E-state index contributed by atoms with van der Waals surface area (Å²) < 4.78 is 0. The Balaban J connectivity index is 1.65. The van der Waals surface area contributed by atoms with Crippen molar-refractivity contribution in [1.29, 1.82) is 0 Å². The Hall–Kier alpha value is -1.91. The molecule has 0 N–H and O–H groups in total. The second-order valence-corrected chi connectivity index (χ2v) is 7.80. The van der Waals surface area contributed by atoms with E-state index in [1.54, 1.807) is 18.7 Å². The van der Waals surface area contributed by atoms with Crippen LogP contribution in [-0.4, -0.2) is 35.8 Å². The molecule has 0 aromatic heterocycles. The molecule has 3 rings (SSSR count). The number of thioether (sulfide) groups is 1. The van der Waals surface area contributed by atoms with Crippen LogP contribution in [0.3, 0.4) is 0 Å². The van der Waals surface area contributed by atoms with Crippen molar-refractivity contribution in [3.8, 4) is 0 Å². The van der Waals surface area contributed by atoms with E-state index in [4.69, 9.17) is 0 Å². The minimum absolute atomic E-state index is 0.0554. The van der Waals surface area contributed by atoms with Crippen molar-refractivity contribution in [3.05, 3.63) is 65.2 Å². The molecule has 4 heteroatoms. The second kappa shape index (κ2) is 8.65. The van der Waals surface area contributed by atoms with Crippen LogP contribution in [0.25, 0.3) is 0 Å². The summed E-state index contributed by atoms with van der Waals surface area (Å²) in [5.74, 6) is 0.395. The molecule has 0 radical (unpaired) electrons. The fourth-order valence-corrected chi connectivity index (χ4v) is 3.96. The minimum Gasteiger partial charge on any atom is -0.298 e. The monoisotopic (exact) mass is 367 g/mol. The van der Waals surface area contributed by atoms with Gasteiger partial charge in [0.05, 0.1) is 0 Å². The summed E-state index contributed by atoms with van der Waals surface area (Å²) in [4.78, 5) is 27.9. The Morgan fingerprint density at radius 1 is 1.12 bits per heavy atom. The molecule has 3 nitrogen and oxygen atoms in total. The van der Waals surface area contributed by atoms with E-state index in [1.165, 1.54) is 4.90 Å². The summed E-state index contributed by atoms with van der Waals surface area (Å²) in [6.45, 7) is 4.17. The van der Waals surface area contributed by atoms with Gasteiger partial charge in [-0.3, -0.25) is 14.5 Å². The largest absolute Gasteiger partial charge is 0.298 e. The number of nitrogens with zero attached hydrogens (tertiary/aromatic N) is 1. The molecule has 2 aromatic carbocycles. The molecule has 0 spiro atoms. The number of likely N-dealkylation sites (tertiary alicyclic amines) is 1. The molecule has 1 fully saturated rings. The van der Waals surface area contributed by atoms with E-state index in [-0.39, 0.29) is 17.5 Å². The maximum atomic E-state index is 12.9. The summed E-state index contributed by atoms with van der Waals surface area (Å²) in [6, 6.07) is 15.7. The molecule has 26 heavy (non-hydrogen) atoms. The molecular weight excluding hydrogens is 342 g/mol. The zero-order valence-corrected chi connectivity index (χ0v) is 16.2. The lowest BCUT2D eigenvalue weighted by molar-refractivity contribution is 0.0811. The molecule has 1 atom stereocenters. The zero-order valence-electron chi connectivity index (χ0n) is 15.4. The number of hydrogen-bond donors (Lipinski definition) is 0. The average molecular weight is 368 g/mol. The van der Waals surface area contributed by atoms with Crippen LogP contribution in [0.5, 0.6) is 0 Å². The maximum absolute atomic E-state index is 12.9. The molecule has 1 saturated heterocycles. The summed E-state index contributed by atoms with van der Waals surface area (Å²) in [5, 5.41) is 0. The highest BCUT2D eigenvalue weighted by atomic mass is 32.2. The van der Waals surface area contributed by atoms with Crippen molar-refractivity contribution < 1.29 is 9.59 Å².